The van der Waals surface area contributed by atoms with Gasteiger partial charge in [0.1, 0.15) is 5.02 Å². The first kappa shape index (κ1) is 13.3. The maximum atomic E-state index is 10.8. The molecule has 3 aromatic rings. The molecule has 1 aromatic heterocycles. The van der Waals surface area contributed by atoms with Crippen LogP contribution in [0.1, 0.15) is 5.56 Å². The molecule has 0 fully saturated rings. The van der Waals surface area contributed by atoms with Crippen LogP contribution < -0.4 is 0 Å². The third-order valence-electron chi connectivity index (χ3n) is 2.96. The number of aliphatic imine (C=N–C) groups is 1. The Labute approximate surface area is 124 Å². The molecule has 0 aliphatic heterocycles. The number of H-pyrrole nitrogens is 1. The summed E-state index contributed by atoms with van der Waals surface area (Å²) in [6.07, 6.45) is 3.28. The molecule has 0 saturated carbocycles. The molecule has 0 spiro atoms. The number of benzene rings is 2. The van der Waals surface area contributed by atoms with Gasteiger partial charge in [0.25, 0.3) is 5.69 Å². The van der Waals surface area contributed by atoms with E-state index >= 15 is 0 Å². The van der Waals surface area contributed by atoms with Crippen LogP contribution in [-0.4, -0.2) is 21.3 Å². The molecule has 0 aliphatic rings. The van der Waals surface area contributed by atoms with E-state index in [1.165, 1.54) is 12.1 Å². The predicted octanol–water partition coefficient (Wildman–Crippen LogP) is 3.88. The Hall–Kier alpha value is -2.73. The van der Waals surface area contributed by atoms with Crippen LogP contribution in [0.15, 0.2) is 47.6 Å². The average molecular weight is 301 g/mol. The van der Waals surface area contributed by atoms with Crippen molar-refractivity contribution in [1.82, 2.24) is 10.2 Å². The minimum Gasteiger partial charge on any atom is -0.278 e. The second-order valence-electron chi connectivity index (χ2n) is 4.37. The zero-order valence-electron chi connectivity index (χ0n) is 10.7. The van der Waals surface area contributed by atoms with E-state index in [4.69, 9.17) is 11.6 Å². The molecule has 2 aromatic carbocycles. The van der Waals surface area contributed by atoms with Crippen LogP contribution in [0.4, 0.5) is 11.4 Å². The van der Waals surface area contributed by atoms with Gasteiger partial charge in [0.2, 0.25) is 0 Å². The zero-order valence-corrected chi connectivity index (χ0v) is 11.4. The third kappa shape index (κ3) is 2.75. The Morgan fingerprint density at radius 2 is 2.14 bits per heavy atom. The molecular formula is C14H9ClN4O2. The SMILES string of the molecule is O=[N+]([O-])c1cc(C=Nc2ccc3cn[nH]c3c2)ccc1Cl. The third-order valence-corrected chi connectivity index (χ3v) is 3.27. The van der Waals surface area contributed by atoms with Gasteiger partial charge in [-0.05, 0) is 29.8 Å². The second kappa shape index (κ2) is 5.34. The average Bonchev–Trinajstić information content (AvgIpc) is 2.93. The summed E-state index contributed by atoms with van der Waals surface area (Å²) in [5.74, 6) is 0. The Kier molecular flexibility index (Phi) is 3.37. The maximum absolute atomic E-state index is 10.8. The van der Waals surface area contributed by atoms with E-state index in [-0.39, 0.29) is 10.7 Å². The van der Waals surface area contributed by atoms with Gasteiger partial charge in [-0.2, -0.15) is 5.10 Å². The van der Waals surface area contributed by atoms with Gasteiger partial charge in [0.15, 0.2) is 0 Å². The highest BCUT2D eigenvalue weighted by atomic mass is 35.5. The highest BCUT2D eigenvalue weighted by Gasteiger charge is 2.11. The number of hydrogen-bond donors (Lipinski definition) is 1. The molecule has 0 aliphatic carbocycles. The molecular weight excluding hydrogens is 292 g/mol. The van der Waals surface area contributed by atoms with E-state index in [0.717, 1.165) is 16.6 Å². The topological polar surface area (TPSA) is 84.2 Å². The van der Waals surface area contributed by atoms with Crippen LogP contribution in [-0.2, 0) is 0 Å². The highest BCUT2D eigenvalue weighted by molar-refractivity contribution is 6.32. The lowest BCUT2D eigenvalue weighted by atomic mass is 10.2. The van der Waals surface area contributed by atoms with Crippen molar-refractivity contribution in [1.29, 1.82) is 0 Å². The molecule has 0 saturated heterocycles. The highest BCUT2D eigenvalue weighted by Crippen LogP contribution is 2.25. The first-order valence-electron chi connectivity index (χ1n) is 6.04. The van der Waals surface area contributed by atoms with Gasteiger partial charge in [-0.3, -0.25) is 20.2 Å². The Morgan fingerprint density at radius 1 is 1.29 bits per heavy atom. The molecule has 0 atom stereocenters. The number of aromatic nitrogens is 2. The van der Waals surface area contributed by atoms with Crippen LogP contribution in [0.25, 0.3) is 10.9 Å². The molecule has 104 valence electrons. The number of nitrogens with zero attached hydrogens (tertiary/aromatic N) is 3. The van der Waals surface area contributed by atoms with Crippen molar-refractivity contribution >= 4 is 40.1 Å². The second-order valence-corrected chi connectivity index (χ2v) is 4.77. The summed E-state index contributed by atoms with van der Waals surface area (Å²) < 4.78 is 0. The summed E-state index contributed by atoms with van der Waals surface area (Å²) in [7, 11) is 0. The lowest BCUT2D eigenvalue weighted by molar-refractivity contribution is -0.384. The molecule has 1 heterocycles. The molecule has 0 radical (unpaired) electrons. The number of rotatable bonds is 3. The first-order valence-corrected chi connectivity index (χ1v) is 6.42. The van der Waals surface area contributed by atoms with E-state index in [1.54, 1.807) is 18.5 Å². The summed E-state index contributed by atoms with van der Waals surface area (Å²) in [5, 5.41) is 18.7. The number of fused-ring (bicyclic) bond motifs is 1. The van der Waals surface area contributed by atoms with Crippen molar-refractivity contribution in [2.45, 2.75) is 0 Å². The van der Waals surface area contributed by atoms with Gasteiger partial charge < -0.3 is 0 Å². The fraction of sp³-hybridized carbons (Fsp3) is 0. The van der Waals surface area contributed by atoms with Crippen molar-refractivity contribution in [2.24, 2.45) is 4.99 Å². The van der Waals surface area contributed by atoms with Gasteiger partial charge in [0, 0.05) is 17.7 Å². The molecule has 6 nitrogen and oxygen atoms in total. The van der Waals surface area contributed by atoms with Crippen LogP contribution in [0.2, 0.25) is 5.02 Å². The van der Waals surface area contributed by atoms with Crippen molar-refractivity contribution in [3.8, 4) is 0 Å². The van der Waals surface area contributed by atoms with Crippen molar-refractivity contribution in [3.05, 3.63) is 63.3 Å². The first-order chi connectivity index (χ1) is 10.1. The molecule has 1 N–H and O–H groups in total. The molecule has 0 amide bonds. The largest absolute Gasteiger partial charge is 0.288 e. The van der Waals surface area contributed by atoms with Crippen molar-refractivity contribution < 1.29 is 4.92 Å². The monoisotopic (exact) mass is 300 g/mol. The number of halogens is 1. The Bertz CT molecular complexity index is 857. The molecule has 7 heteroatoms. The quantitative estimate of drug-likeness (QED) is 0.452. The summed E-state index contributed by atoms with van der Waals surface area (Å²) in [4.78, 5) is 14.6. The fourth-order valence-corrected chi connectivity index (χ4v) is 2.09. The van der Waals surface area contributed by atoms with E-state index in [1.807, 2.05) is 18.2 Å². The van der Waals surface area contributed by atoms with Crippen molar-refractivity contribution in [2.75, 3.05) is 0 Å². The number of nitro benzene ring substituents is 1. The predicted molar refractivity (Wildman–Crippen MR) is 81.5 cm³/mol. The Balaban J connectivity index is 1.91. The molecule has 0 unspecified atom stereocenters. The van der Waals surface area contributed by atoms with Gasteiger partial charge >= 0.3 is 0 Å². The fourth-order valence-electron chi connectivity index (χ4n) is 1.90. The summed E-state index contributed by atoms with van der Waals surface area (Å²) >= 11 is 5.76. The van der Waals surface area contributed by atoms with Gasteiger partial charge in [-0.15, -0.1) is 0 Å². The minimum atomic E-state index is -0.518. The summed E-state index contributed by atoms with van der Waals surface area (Å²) in [5.41, 5.74) is 2.08. The Morgan fingerprint density at radius 3 is 2.95 bits per heavy atom. The number of hydrogen-bond acceptors (Lipinski definition) is 4. The lowest BCUT2D eigenvalue weighted by Gasteiger charge is -1.97. The normalized spacial score (nSPS) is 11.3. The van der Waals surface area contributed by atoms with Crippen LogP contribution >= 0.6 is 11.6 Å². The molecule has 3 rings (SSSR count). The van der Waals surface area contributed by atoms with Gasteiger partial charge in [-0.25, -0.2) is 0 Å². The van der Waals surface area contributed by atoms with Crippen molar-refractivity contribution in [3.63, 3.8) is 0 Å². The van der Waals surface area contributed by atoms with E-state index in [9.17, 15) is 10.1 Å². The van der Waals surface area contributed by atoms with Gasteiger partial charge in [-0.1, -0.05) is 17.7 Å². The van der Waals surface area contributed by atoms with Gasteiger partial charge in [0.05, 0.1) is 22.3 Å². The molecule has 21 heavy (non-hydrogen) atoms. The number of nitro groups is 1. The zero-order chi connectivity index (χ0) is 14.8. The van der Waals surface area contributed by atoms with E-state index < -0.39 is 4.92 Å². The maximum Gasteiger partial charge on any atom is 0.288 e. The smallest absolute Gasteiger partial charge is 0.278 e. The van der Waals surface area contributed by atoms with Crippen LogP contribution in [0, 0.1) is 10.1 Å². The van der Waals surface area contributed by atoms with E-state index in [0.29, 0.717) is 5.56 Å². The summed E-state index contributed by atoms with van der Waals surface area (Å²) in [6.45, 7) is 0. The van der Waals surface area contributed by atoms with Crippen LogP contribution in [0.3, 0.4) is 0 Å². The van der Waals surface area contributed by atoms with Crippen LogP contribution in [0.5, 0.6) is 0 Å². The minimum absolute atomic E-state index is 0.107. The standard InChI is InChI=1S/C14H9ClN4O2/c15-12-4-1-9(5-14(12)19(20)21)7-16-11-3-2-10-8-17-18-13(10)6-11/h1-8H,(H,17,18). The molecule has 0 bridgehead atoms. The van der Waals surface area contributed by atoms with E-state index in [2.05, 4.69) is 15.2 Å². The number of nitrogens with one attached hydrogen (secondary N) is 1. The number of aromatic amines is 1. The summed E-state index contributed by atoms with van der Waals surface area (Å²) in [6, 6.07) is 10.1. The lowest BCUT2D eigenvalue weighted by Crippen LogP contribution is -1.91.